The molecule has 0 bridgehead atoms. The van der Waals surface area contributed by atoms with Crippen LogP contribution in [-0.4, -0.2) is 20.6 Å². The zero-order valence-corrected chi connectivity index (χ0v) is 13.7. The number of rotatable bonds is 6. The SMILES string of the molecule is CC(C)(CCBr)NCc1ccn(C2CCCCC2)n1. The molecule has 0 atom stereocenters. The van der Waals surface area contributed by atoms with Crippen molar-refractivity contribution >= 4 is 15.9 Å². The van der Waals surface area contributed by atoms with Crippen LogP contribution in [0.3, 0.4) is 0 Å². The summed E-state index contributed by atoms with van der Waals surface area (Å²) in [4.78, 5) is 0. The number of hydrogen-bond acceptors (Lipinski definition) is 2. The van der Waals surface area contributed by atoms with Crippen molar-refractivity contribution in [2.45, 2.75) is 70.5 Å². The van der Waals surface area contributed by atoms with E-state index in [-0.39, 0.29) is 5.54 Å². The molecule has 1 aliphatic carbocycles. The van der Waals surface area contributed by atoms with Crippen LogP contribution in [0.2, 0.25) is 0 Å². The van der Waals surface area contributed by atoms with Gasteiger partial charge in [0.05, 0.1) is 11.7 Å². The molecule has 0 spiro atoms. The molecule has 1 aromatic rings. The molecule has 0 saturated heterocycles. The van der Waals surface area contributed by atoms with Crippen molar-refractivity contribution < 1.29 is 0 Å². The van der Waals surface area contributed by atoms with Gasteiger partial charge < -0.3 is 5.32 Å². The van der Waals surface area contributed by atoms with Crippen LogP contribution in [-0.2, 0) is 6.54 Å². The molecule has 3 nitrogen and oxygen atoms in total. The van der Waals surface area contributed by atoms with Crippen LogP contribution in [0.4, 0.5) is 0 Å². The highest BCUT2D eigenvalue weighted by Crippen LogP contribution is 2.27. The third kappa shape index (κ3) is 4.60. The van der Waals surface area contributed by atoms with E-state index in [2.05, 4.69) is 52.0 Å². The first-order valence-electron chi connectivity index (χ1n) is 7.46. The number of nitrogens with one attached hydrogen (secondary N) is 1. The van der Waals surface area contributed by atoms with E-state index in [1.807, 2.05) is 0 Å². The van der Waals surface area contributed by atoms with Crippen molar-refractivity contribution in [2.24, 2.45) is 0 Å². The Kier molecular flexibility index (Phi) is 5.46. The first-order chi connectivity index (χ1) is 9.11. The highest BCUT2D eigenvalue weighted by atomic mass is 79.9. The maximum atomic E-state index is 4.74. The fourth-order valence-corrected chi connectivity index (χ4v) is 3.67. The number of alkyl halides is 1. The van der Waals surface area contributed by atoms with E-state index in [0.29, 0.717) is 6.04 Å². The molecule has 1 aromatic heterocycles. The Morgan fingerprint density at radius 3 is 2.79 bits per heavy atom. The van der Waals surface area contributed by atoms with Crippen LogP contribution in [0.5, 0.6) is 0 Å². The summed E-state index contributed by atoms with van der Waals surface area (Å²) in [6, 6.07) is 2.80. The van der Waals surface area contributed by atoms with Crippen LogP contribution in [0.1, 0.15) is 64.1 Å². The van der Waals surface area contributed by atoms with Crippen LogP contribution < -0.4 is 5.32 Å². The molecular formula is C15H26BrN3. The lowest BCUT2D eigenvalue weighted by Gasteiger charge is -2.25. The lowest BCUT2D eigenvalue weighted by atomic mass is 9.96. The van der Waals surface area contributed by atoms with Crippen LogP contribution in [0.15, 0.2) is 12.3 Å². The summed E-state index contributed by atoms with van der Waals surface area (Å²) < 4.78 is 2.19. The molecule has 1 fully saturated rings. The number of nitrogens with zero attached hydrogens (tertiary/aromatic N) is 2. The smallest absolute Gasteiger partial charge is 0.0762 e. The Bertz CT molecular complexity index is 380. The van der Waals surface area contributed by atoms with Gasteiger partial charge in [-0.05, 0) is 39.2 Å². The van der Waals surface area contributed by atoms with Crippen molar-refractivity contribution in [1.29, 1.82) is 0 Å². The second-order valence-electron chi connectivity index (χ2n) is 6.26. The van der Waals surface area contributed by atoms with E-state index in [1.54, 1.807) is 0 Å². The van der Waals surface area contributed by atoms with E-state index in [9.17, 15) is 0 Å². The molecule has 1 aliphatic rings. The van der Waals surface area contributed by atoms with Gasteiger partial charge in [0.1, 0.15) is 0 Å². The number of hydrogen-bond donors (Lipinski definition) is 1. The van der Waals surface area contributed by atoms with E-state index >= 15 is 0 Å². The van der Waals surface area contributed by atoms with Gasteiger partial charge in [-0.25, -0.2) is 0 Å². The van der Waals surface area contributed by atoms with Crippen LogP contribution >= 0.6 is 15.9 Å². The van der Waals surface area contributed by atoms with E-state index in [0.717, 1.165) is 24.0 Å². The molecule has 0 aromatic carbocycles. The largest absolute Gasteiger partial charge is 0.306 e. The summed E-state index contributed by atoms with van der Waals surface area (Å²) in [5.74, 6) is 0. The van der Waals surface area contributed by atoms with Gasteiger partial charge in [-0.15, -0.1) is 0 Å². The Labute approximate surface area is 125 Å². The highest BCUT2D eigenvalue weighted by molar-refractivity contribution is 9.09. The Morgan fingerprint density at radius 2 is 2.11 bits per heavy atom. The minimum Gasteiger partial charge on any atom is -0.306 e. The first-order valence-corrected chi connectivity index (χ1v) is 8.58. The summed E-state index contributed by atoms with van der Waals surface area (Å²) in [5.41, 5.74) is 1.33. The van der Waals surface area contributed by atoms with Gasteiger partial charge in [-0.3, -0.25) is 4.68 Å². The summed E-state index contributed by atoms with van der Waals surface area (Å²) in [6.45, 7) is 5.35. The standard InChI is InChI=1S/C15H26BrN3/c1-15(2,9-10-16)17-12-13-8-11-19(18-13)14-6-4-3-5-7-14/h8,11,14,17H,3-7,9-10,12H2,1-2H3. The third-order valence-electron chi connectivity index (χ3n) is 4.08. The molecule has 108 valence electrons. The van der Waals surface area contributed by atoms with Gasteiger partial charge in [-0.2, -0.15) is 5.10 Å². The molecule has 19 heavy (non-hydrogen) atoms. The topological polar surface area (TPSA) is 29.9 Å². The van der Waals surface area contributed by atoms with Gasteiger partial charge in [0.25, 0.3) is 0 Å². The molecule has 1 heterocycles. The molecule has 4 heteroatoms. The molecule has 0 radical (unpaired) electrons. The van der Waals surface area contributed by atoms with Gasteiger partial charge in [0.15, 0.2) is 0 Å². The first kappa shape index (κ1) is 15.0. The molecular weight excluding hydrogens is 302 g/mol. The third-order valence-corrected chi connectivity index (χ3v) is 4.48. The average Bonchev–Trinajstić information content (AvgIpc) is 2.86. The Hall–Kier alpha value is -0.350. The fourth-order valence-electron chi connectivity index (χ4n) is 2.68. The van der Waals surface area contributed by atoms with Gasteiger partial charge >= 0.3 is 0 Å². The highest BCUT2D eigenvalue weighted by Gasteiger charge is 2.18. The van der Waals surface area contributed by atoms with E-state index in [1.165, 1.54) is 32.1 Å². The predicted molar refractivity (Wildman–Crippen MR) is 83.7 cm³/mol. The van der Waals surface area contributed by atoms with Gasteiger partial charge in [-0.1, -0.05) is 35.2 Å². The molecule has 0 amide bonds. The second kappa shape index (κ2) is 6.89. The maximum Gasteiger partial charge on any atom is 0.0762 e. The number of aromatic nitrogens is 2. The Balaban J connectivity index is 1.86. The molecule has 0 aliphatic heterocycles. The molecule has 0 unspecified atom stereocenters. The zero-order chi connectivity index (χ0) is 13.7. The van der Waals surface area contributed by atoms with E-state index in [4.69, 9.17) is 5.10 Å². The summed E-state index contributed by atoms with van der Waals surface area (Å²) in [7, 11) is 0. The normalized spacial score (nSPS) is 17.8. The van der Waals surface area contributed by atoms with Crippen molar-refractivity contribution in [3.63, 3.8) is 0 Å². The van der Waals surface area contributed by atoms with Crippen molar-refractivity contribution in [2.75, 3.05) is 5.33 Å². The van der Waals surface area contributed by atoms with Crippen LogP contribution in [0, 0.1) is 0 Å². The van der Waals surface area contributed by atoms with Gasteiger partial charge in [0.2, 0.25) is 0 Å². The lowest BCUT2D eigenvalue weighted by Crippen LogP contribution is -2.39. The number of halogens is 1. The fraction of sp³-hybridized carbons (Fsp3) is 0.800. The minimum atomic E-state index is 0.165. The van der Waals surface area contributed by atoms with Gasteiger partial charge in [0, 0.05) is 23.6 Å². The van der Waals surface area contributed by atoms with Crippen molar-refractivity contribution in [3.05, 3.63) is 18.0 Å². The quantitative estimate of drug-likeness (QED) is 0.799. The molecule has 1 N–H and O–H groups in total. The minimum absolute atomic E-state index is 0.165. The van der Waals surface area contributed by atoms with Crippen molar-refractivity contribution in [1.82, 2.24) is 15.1 Å². The maximum absolute atomic E-state index is 4.74. The zero-order valence-electron chi connectivity index (χ0n) is 12.2. The van der Waals surface area contributed by atoms with Crippen molar-refractivity contribution in [3.8, 4) is 0 Å². The monoisotopic (exact) mass is 327 g/mol. The molecule has 2 rings (SSSR count). The molecule has 1 saturated carbocycles. The van der Waals surface area contributed by atoms with E-state index < -0.39 is 0 Å². The summed E-state index contributed by atoms with van der Waals surface area (Å²) in [5, 5.41) is 9.36. The average molecular weight is 328 g/mol. The summed E-state index contributed by atoms with van der Waals surface area (Å²) in [6.07, 6.45) is 9.98. The lowest BCUT2D eigenvalue weighted by molar-refractivity contribution is 0.325. The Morgan fingerprint density at radius 1 is 1.37 bits per heavy atom. The van der Waals surface area contributed by atoms with Crippen LogP contribution in [0.25, 0.3) is 0 Å². The predicted octanol–water partition coefficient (Wildman–Crippen LogP) is 4.04. The second-order valence-corrected chi connectivity index (χ2v) is 7.05. The summed E-state index contributed by atoms with van der Waals surface area (Å²) >= 11 is 3.51.